The number of amides is 6. The predicted octanol–water partition coefficient (Wildman–Crippen LogP) is 2.20. The van der Waals surface area contributed by atoms with E-state index in [1.54, 1.807) is 6.92 Å². The molecule has 0 aliphatic rings. The number of hydrogen-bond donors (Lipinski definition) is 6. The molecule has 8 N–H and O–H groups in total. The van der Waals surface area contributed by atoms with E-state index in [1.807, 2.05) is 13.8 Å². The fraction of sp³-hybridized carbons (Fsp3) is 0.757. The van der Waals surface area contributed by atoms with E-state index >= 15 is 0 Å². The van der Waals surface area contributed by atoms with Crippen LogP contribution < -0.4 is 32.7 Å². The average molecular weight is 737 g/mol. The Morgan fingerprint density at radius 2 is 0.942 bits per heavy atom. The summed E-state index contributed by atoms with van der Waals surface area (Å²) in [6, 6.07) is -2.62. The molecule has 0 radical (unpaired) electrons. The number of carbonyl (C=O) groups is 9. The Morgan fingerprint density at radius 3 is 1.37 bits per heavy atom. The summed E-state index contributed by atoms with van der Waals surface area (Å²) in [5, 5.41) is 11.3. The van der Waals surface area contributed by atoms with Gasteiger partial charge in [0.25, 0.3) is 0 Å². The fourth-order valence-electron chi connectivity index (χ4n) is 5.70. The van der Waals surface area contributed by atoms with Crippen molar-refractivity contribution in [3.8, 4) is 0 Å². The molecular formula is C37H64N6O9. The first-order chi connectivity index (χ1) is 24.4. The SMILES string of the molecule is CCCCCC(CC(N)=O)NC(=O)CC(CCC(N)=O)NC(=O)CC(CCC(C)C=O)NC(=O)CC(CCC(C)=O)NC(=O)CC(C)CCC(C)=O. The van der Waals surface area contributed by atoms with Crippen LogP contribution in [-0.4, -0.2) is 77.5 Å². The molecular weight excluding hydrogens is 672 g/mol. The molecule has 52 heavy (non-hydrogen) atoms. The Balaban J connectivity index is 5.71. The summed E-state index contributed by atoms with van der Waals surface area (Å²) in [5.41, 5.74) is 10.7. The molecule has 0 saturated carbocycles. The molecule has 0 bridgehead atoms. The number of primary amides is 2. The van der Waals surface area contributed by atoms with E-state index in [1.165, 1.54) is 13.8 Å². The van der Waals surface area contributed by atoms with Crippen LogP contribution in [0.3, 0.4) is 0 Å². The van der Waals surface area contributed by atoms with E-state index in [0.717, 1.165) is 25.5 Å². The third-order valence-electron chi connectivity index (χ3n) is 8.67. The highest BCUT2D eigenvalue weighted by Crippen LogP contribution is 2.14. The monoisotopic (exact) mass is 736 g/mol. The molecule has 0 rings (SSSR count). The Bertz CT molecular complexity index is 1190. The molecule has 0 aromatic carbocycles. The van der Waals surface area contributed by atoms with Crippen LogP contribution >= 0.6 is 0 Å². The van der Waals surface area contributed by atoms with Crippen LogP contribution in [0.5, 0.6) is 0 Å². The third-order valence-corrected chi connectivity index (χ3v) is 8.67. The van der Waals surface area contributed by atoms with E-state index in [-0.39, 0.29) is 93.5 Å². The van der Waals surface area contributed by atoms with E-state index in [9.17, 15) is 43.2 Å². The van der Waals surface area contributed by atoms with Gasteiger partial charge in [-0.2, -0.15) is 0 Å². The standard InChI is InChI=1S/C37H64N6O9/c1-6-7-8-9-28(19-33(39)48)40-35(50)22-31(16-17-32(38)47)43-36(51)20-29(14-11-25(3)23-44)42-37(52)21-30(15-13-27(5)46)41-34(49)18-24(2)10-12-26(4)45/h23-25,28-31H,6-22H2,1-5H3,(H2,38,47)(H2,39,48)(H,40,50)(H,41,49)(H,42,52)(H,43,51). The summed E-state index contributed by atoms with van der Waals surface area (Å²) in [6.07, 6.45) is 5.46. The van der Waals surface area contributed by atoms with Gasteiger partial charge in [-0.15, -0.1) is 0 Å². The quantitative estimate of drug-likeness (QED) is 0.0450. The fourth-order valence-corrected chi connectivity index (χ4v) is 5.70. The molecule has 0 spiro atoms. The molecule has 0 aliphatic heterocycles. The molecule has 6 amide bonds. The largest absolute Gasteiger partial charge is 0.370 e. The summed E-state index contributed by atoms with van der Waals surface area (Å²) in [4.78, 5) is 110. The van der Waals surface area contributed by atoms with E-state index in [2.05, 4.69) is 21.3 Å². The molecule has 6 unspecified atom stereocenters. The minimum atomic E-state index is -0.779. The molecule has 15 heteroatoms. The number of aldehydes is 1. The molecule has 0 saturated heterocycles. The van der Waals surface area contributed by atoms with E-state index in [0.29, 0.717) is 25.7 Å². The van der Waals surface area contributed by atoms with Crippen molar-refractivity contribution < 1.29 is 43.2 Å². The van der Waals surface area contributed by atoms with Gasteiger partial charge in [0.1, 0.15) is 17.9 Å². The summed E-state index contributed by atoms with van der Waals surface area (Å²) in [7, 11) is 0. The van der Waals surface area contributed by atoms with Crippen molar-refractivity contribution in [2.24, 2.45) is 23.3 Å². The Labute approximate surface area is 308 Å². The Hall–Kier alpha value is -4.17. The van der Waals surface area contributed by atoms with Gasteiger partial charge in [-0.25, -0.2) is 0 Å². The number of nitrogens with two attached hydrogens (primary N) is 2. The molecule has 0 fully saturated rings. The topological polar surface area (TPSA) is 254 Å². The highest BCUT2D eigenvalue weighted by atomic mass is 16.2. The number of unbranched alkanes of at least 4 members (excludes halogenated alkanes) is 2. The lowest BCUT2D eigenvalue weighted by atomic mass is 9.98. The smallest absolute Gasteiger partial charge is 0.222 e. The Morgan fingerprint density at radius 1 is 0.519 bits per heavy atom. The maximum absolute atomic E-state index is 13.3. The van der Waals surface area contributed by atoms with Crippen molar-refractivity contribution in [2.45, 2.75) is 168 Å². The highest BCUT2D eigenvalue weighted by Gasteiger charge is 2.25. The number of nitrogens with one attached hydrogen (secondary N) is 4. The van der Waals surface area contributed by atoms with Gasteiger partial charge >= 0.3 is 0 Å². The normalized spacial score (nSPS) is 14.4. The zero-order valence-corrected chi connectivity index (χ0v) is 31.9. The van der Waals surface area contributed by atoms with Gasteiger partial charge in [0.15, 0.2) is 0 Å². The zero-order valence-electron chi connectivity index (χ0n) is 31.9. The summed E-state index contributed by atoms with van der Waals surface area (Å²) in [6.45, 7) is 8.50. The molecule has 0 aromatic rings. The van der Waals surface area contributed by atoms with Crippen LogP contribution in [0, 0.1) is 11.8 Å². The van der Waals surface area contributed by atoms with E-state index < -0.39 is 53.7 Å². The molecule has 0 heterocycles. The van der Waals surface area contributed by atoms with Gasteiger partial charge in [0, 0.05) is 81.5 Å². The van der Waals surface area contributed by atoms with Crippen LogP contribution in [0.15, 0.2) is 0 Å². The van der Waals surface area contributed by atoms with Crippen molar-refractivity contribution in [2.75, 3.05) is 0 Å². The van der Waals surface area contributed by atoms with Gasteiger partial charge < -0.3 is 47.1 Å². The molecule has 6 atom stereocenters. The number of Topliss-reactive ketones (excluding diaryl/α,β-unsaturated/α-hetero) is 2. The number of ketones is 2. The lowest BCUT2D eigenvalue weighted by molar-refractivity contribution is -0.126. The maximum atomic E-state index is 13.3. The minimum Gasteiger partial charge on any atom is -0.370 e. The van der Waals surface area contributed by atoms with Gasteiger partial charge in [-0.05, 0) is 58.3 Å². The van der Waals surface area contributed by atoms with Crippen LogP contribution in [0.1, 0.15) is 144 Å². The first kappa shape index (κ1) is 47.8. The van der Waals surface area contributed by atoms with Crippen molar-refractivity contribution in [1.29, 1.82) is 0 Å². The van der Waals surface area contributed by atoms with Gasteiger partial charge in [-0.3, -0.25) is 28.8 Å². The van der Waals surface area contributed by atoms with Crippen LogP contribution in [0.2, 0.25) is 0 Å². The first-order valence-electron chi connectivity index (χ1n) is 18.6. The molecule has 296 valence electrons. The van der Waals surface area contributed by atoms with Gasteiger partial charge in [0.2, 0.25) is 35.4 Å². The van der Waals surface area contributed by atoms with Crippen molar-refractivity contribution in [3.05, 3.63) is 0 Å². The van der Waals surface area contributed by atoms with E-state index in [4.69, 9.17) is 11.5 Å². The van der Waals surface area contributed by atoms with Crippen molar-refractivity contribution in [3.63, 3.8) is 0 Å². The van der Waals surface area contributed by atoms with Crippen LogP contribution in [-0.2, 0) is 43.2 Å². The summed E-state index contributed by atoms with van der Waals surface area (Å²) in [5.74, 6) is -3.36. The first-order valence-corrected chi connectivity index (χ1v) is 18.6. The van der Waals surface area contributed by atoms with Gasteiger partial charge in [-0.1, -0.05) is 40.0 Å². The average Bonchev–Trinajstić information content (AvgIpc) is 3.03. The number of hydrogen-bond acceptors (Lipinski definition) is 9. The maximum Gasteiger partial charge on any atom is 0.222 e. The van der Waals surface area contributed by atoms with Gasteiger partial charge in [0.05, 0.1) is 0 Å². The Kier molecular flexibility index (Phi) is 25.3. The highest BCUT2D eigenvalue weighted by molar-refractivity contribution is 5.83. The summed E-state index contributed by atoms with van der Waals surface area (Å²) >= 11 is 0. The van der Waals surface area contributed by atoms with Crippen molar-refractivity contribution in [1.82, 2.24) is 21.3 Å². The lowest BCUT2D eigenvalue weighted by Gasteiger charge is -2.24. The minimum absolute atomic E-state index is 0.0316. The second kappa shape index (κ2) is 27.5. The third kappa shape index (κ3) is 26.6. The lowest BCUT2D eigenvalue weighted by Crippen LogP contribution is -2.46. The predicted molar refractivity (Wildman–Crippen MR) is 196 cm³/mol. The number of carbonyl (C=O) groups excluding carboxylic acids is 9. The molecule has 0 aliphatic carbocycles. The summed E-state index contributed by atoms with van der Waals surface area (Å²) < 4.78 is 0. The number of rotatable bonds is 31. The zero-order chi connectivity index (χ0) is 39.6. The van der Waals surface area contributed by atoms with Crippen molar-refractivity contribution >= 4 is 53.3 Å². The second-order valence-corrected chi connectivity index (χ2v) is 14.3. The second-order valence-electron chi connectivity index (χ2n) is 14.3. The van der Waals surface area contributed by atoms with Crippen LogP contribution in [0.4, 0.5) is 0 Å². The molecule has 15 nitrogen and oxygen atoms in total. The molecule has 0 aromatic heterocycles. The van der Waals surface area contributed by atoms with Crippen LogP contribution in [0.25, 0.3) is 0 Å².